The average molecular weight is 276 g/mol. The van der Waals surface area contributed by atoms with Crippen molar-refractivity contribution in [2.24, 2.45) is 0 Å². The standard InChI is InChI=1S/C14H12O4S/c1-2-17-13(15)11-8-9-12(14(16)18-11)19-10-6-4-3-5-7-10/h3-9H,2H2,1H3. The average Bonchev–Trinajstić information content (AvgIpc) is 2.42. The molecule has 19 heavy (non-hydrogen) atoms. The zero-order valence-corrected chi connectivity index (χ0v) is 11.1. The number of hydrogen-bond donors (Lipinski definition) is 0. The summed E-state index contributed by atoms with van der Waals surface area (Å²) in [5, 5.41) is 0. The molecule has 0 saturated heterocycles. The van der Waals surface area contributed by atoms with Gasteiger partial charge >= 0.3 is 11.6 Å². The van der Waals surface area contributed by atoms with Crippen LogP contribution in [0.2, 0.25) is 0 Å². The monoisotopic (exact) mass is 276 g/mol. The smallest absolute Gasteiger partial charge is 0.374 e. The van der Waals surface area contributed by atoms with E-state index in [0.717, 1.165) is 4.90 Å². The van der Waals surface area contributed by atoms with Crippen LogP contribution < -0.4 is 5.63 Å². The first kappa shape index (κ1) is 13.4. The topological polar surface area (TPSA) is 56.5 Å². The predicted molar refractivity (Wildman–Crippen MR) is 71.5 cm³/mol. The van der Waals surface area contributed by atoms with Crippen molar-refractivity contribution in [1.82, 2.24) is 0 Å². The minimum atomic E-state index is -0.629. The lowest BCUT2D eigenvalue weighted by Gasteiger charge is -2.02. The zero-order valence-electron chi connectivity index (χ0n) is 10.3. The minimum Gasteiger partial charge on any atom is -0.460 e. The van der Waals surface area contributed by atoms with E-state index in [9.17, 15) is 9.59 Å². The van der Waals surface area contributed by atoms with Gasteiger partial charge in [0.05, 0.1) is 11.5 Å². The highest BCUT2D eigenvalue weighted by atomic mass is 32.2. The molecular formula is C14H12O4S. The van der Waals surface area contributed by atoms with E-state index in [0.29, 0.717) is 4.90 Å². The summed E-state index contributed by atoms with van der Waals surface area (Å²) in [4.78, 5) is 24.5. The molecule has 0 N–H and O–H groups in total. The van der Waals surface area contributed by atoms with Crippen molar-refractivity contribution in [3.8, 4) is 0 Å². The van der Waals surface area contributed by atoms with Gasteiger partial charge < -0.3 is 9.15 Å². The summed E-state index contributed by atoms with van der Waals surface area (Å²) in [6, 6.07) is 12.5. The fraction of sp³-hybridized carbons (Fsp3) is 0.143. The Morgan fingerprint density at radius 2 is 1.95 bits per heavy atom. The summed E-state index contributed by atoms with van der Waals surface area (Å²) < 4.78 is 9.71. The van der Waals surface area contributed by atoms with Gasteiger partial charge in [0.2, 0.25) is 5.76 Å². The van der Waals surface area contributed by atoms with E-state index in [1.807, 2.05) is 30.3 Å². The van der Waals surface area contributed by atoms with Crippen molar-refractivity contribution in [1.29, 1.82) is 0 Å². The number of benzene rings is 1. The van der Waals surface area contributed by atoms with Crippen LogP contribution in [0, 0.1) is 0 Å². The Hall–Kier alpha value is -2.01. The Balaban J connectivity index is 2.21. The van der Waals surface area contributed by atoms with Crippen molar-refractivity contribution in [2.75, 3.05) is 6.61 Å². The summed E-state index contributed by atoms with van der Waals surface area (Å²) in [6.45, 7) is 1.93. The molecule has 5 heteroatoms. The highest BCUT2D eigenvalue weighted by molar-refractivity contribution is 7.99. The summed E-state index contributed by atoms with van der Waals surface area (Å²) in [5.41, 5.74) is -0.542. The number of hydrogen-bond acceptors (Lipinski definition) is 5. The summed E-state index contributed by atoms with van der Waals surface area (Å²) in [6.07, 6.45) is 0. The molecule has 2 aromatic rings. The number of esters is 1. The molecule has 2 rings (SSSR count). The minimum absolute atomic E-state index is 0.0794. The Bertz CT molecular complexity index is 619. The van der Waals surface area contributed by atoms with E-state index in [4.69, 9.17) is 9.15 Å². The summed E-state index contributed by atoms with van der Waals surface area (Å²) >= 11 is 1.29. The Morgan fingerprint density at radius 3 is 2.58 bits per heavy atom. The molecule has 0 unspecified atom stereocenters. The van der Waals surface area contributed by atoms with E-state index >= 15 is 0 Å². The quantitative estimate of drug-likeness (QED) is 0.803. The molecule has 0 aliphatic heterocycles. The van der Waals surface area contributed by atoms with E-state index in [-0.39, 0.29) is 12.4 Å². The molecule has 0 fully saturated rings. The molecule has 0 amide bonds. The van der Waals surface area contributed by atoms with Gasteiger partial charge in [0.25, 0.3) is 0 Å². The number of carbonyl (C=O) groups excluding carboxylic acids is 1. The lowest BCUT2D eigenvalue weighted by atomic mass is 10.4. The van der Waals surface area contributed by atoms with Gasteiger partial charge in [0.1, 0.15) is 0 Å². The van der Waals surface area contributed by atoms with E-state index in [1.165, 1.54) is 17.8 Å². The van der Waals surface area contributed by atoms with Gasteiger partial charge in [-0.2, -0.15) is 0 Å². The fourth-order valence-electron chi connectivity index (χ4n) is 1.41. The van der Waals surface area contributed by atoms with Crippen LogP contribution in [0.25, 0.3) is 0 Å². The number of rotatable bonds is 4. The largest absolute Gasteiger partial charge is 0.460 e. The van der Waals surface area contributed by atoms with Crippen molar-refractivity contribution in [2.45, 2.75) is 16.7 Å². The first-order chi connectivity index (χ1) is 9.20. The molecule has 0 saturated carbocycles. The van der Waals surface area contributed by atoms with Crippen molar-refractivity contribution in [3.63, 3.8) is 0 Å². The lowest BCUT2D eigenvalue weighted by Crippen LogP contribution is -2.10. The lowest BCUT2D eigenvalue weighted by molar-refractivity contribution is 0.0483. The van der Waals surface area contributed by atoms with Crippen LogP contribution in [0.15, 0.2) is 61.5 Å². The van der Waals surface area contributed by atoms with Crippen molar-refractivity contribution >= 4 is 17.7 Å². The molecule has 0 aliphatic carbocycles. The molecule has 0 bridgehead atoms. The maximum atomic E-state index is 11.8. The molecule has 0 aliphatic rings. The van der Waals surface area contributed by atoms with E-state index in [2.05, 4.69) is 0 Å². The van der Waals surface area contributed by atoms with Gasteiger partial charge in [-0.25, -0.2) is 9.59 Å². The van der Waals surface area contributed by atoms with Crippen LogP contribution in [0.1, 0.15) is 17.5 Å². The van der Waals surface area contributed by atoms with E-state index in [1.54, 1.807) is 13.0 Å². The second-order valence-electron chi connectivity index (χ2n) is 3.59. The van der Waals surface area contributed by atoms with Crippen LogP contribution >= 0.6 is 11.8 Å². The third-order valence-electron chi connectivity index (χ3n) is 2.24. The highest BCUT2D eigenvalue weighted by Gasteiger charge is 2.12. The molecule has 0 radical (unpaired) electrons. The predicted octanol–water partition coefficient (Wildman–Crippen LogP) is 2.97. The Labute approximate surface area is 114 Å². The van der Waals surface area contributed by atoms with Crippen LogP contribution in [-0.2, 0) is 4.74 Å². The SMILES string of the molecule is CCOC(=O)c1ccc(Sc2ccccc2)c(=O)o1. The maximum Gasteiger partial charge on any atom is 0.374 e. The molecule has 0 atom stereocenters. The highest BCUT2D eigenvalue weighted by Crippen LogP contribution is 2.24. The molecule has 1 heterocycles. The first-order valence-corrected chi connectivity index (χ1v) is 6.56. The number of carbonyl (C=O) groups is 1. The van der Waals surface area contributed by atoms with Gasteiger partial charge in [0, 0.05) is 4.90 Å². The van der Waals surface area contributed by atoms with Gasteiger partial charge in [-0.3, -0.25) is 0 Å². The van der Waals surface area contributed by atoms with Crippen LogP contribution in [0.3, 0.4) is 0 Å². The third kappa shape index (κ3) is 3.48. The first-order valence-electron chi connectivity index (χ1n) is 5.75. The van der Waals surface area contributed by atoms with Crippen LogP contribution in [0.5, 0.6) is 0 Å². The molecule has 98 valence electrons. The Kier molecular flexibility index (Phi) is 4.41. The zero-order chi connectivity index (χ0) is 13.7. The van der Waals surface area contributed by atoms with Crippen molar-refractivity contribution < 1.29 is 13.9 Å². The second-order valence-corrected chi connectivity index (χ2v) is 4.70. The normalized spacial score (nSPS) is 10.2. The van der Waals surface area contributed by atoms with Crippen molar-refractivity contribution in [3.05, 3.63) is 58.6 Å². The van der Waals surface area contributed by atoms with Crippen LogP contribution in [0.4, 0.5) is 0 Å². The van der Waals surface area contributed by atoms with Gasteiger partial charge in [0.15, 0.2) is 0 Å². The van der Waals surface area contributed by atoms with Crippen LogP contribution in [-0.4, -0.2) is 12.6 Å². The van der Waals surface area contributed by atoms with E-state index < -0.39 is 11.6 Å². The fourth-order valence-corrected chi connectivity index (χ4v) is 2.21. The molecule has 1 aromatic heterocycles. The molecule has 4 nitrogen and oxygen atoms in total. The van der Waals surface area contributed by atoms with Gasteiger partial charge in [-0.1, -0.05) is 30.0 Å². The second kappa shape index (κ2) is 6.24. The van der Waals surface area contributed by atoms with Gasteiger partial charge in [-0.15, -0.1) is 0 Å². The molecular weight excluding hydrogens is 264 g/mol. The summed E-state index contributed by atoms with van der Waals surface area (Å²) in [5.74, 6) is -0.708. The van der Waals surface area contributed by atoms with Gasteiger partial charge in [-0.05, 0) is 31.2 Å². The summed E-state index contributed by atoms with van der Waals surface area (Å²) in [7, 11) is 0. The Morgan fingerprint density at radius 1 is 1.21 bits per heavy atom. The molecule has 1 aromatic carbocycles. The number of ether oxygens (including phenoxy) is 1. The molecule has 0 spiro atoms. The third-order valence-corrected chi connectivity index (χ3v) is 3.27. The maximum absolute atomic E-state index is 11.8.